The number of hydrogen-bond donors (Lipinski definition) is 2. The number of thioether (sulfide) groups is 1. The summed E-state index contributed by atoms with van der Waals surface area (Å²) in [4.78, 5) is 56.3. The molecule has 3 aromatic carbocycles. The second kappa shape index (κ2) is 15.6. The van der Waals surface area contributed by atoms with Crippen LogP contribution in [0.15, 0.2) is 83.8 Å². The molecule has 0 fully saturated rings. The highest BCUT2D eigenvalue weighted by Crippen LogP contribution is 2.41. The standard InChI is InChI=1S/C37H39N3O7S2/c1-6-46-35(43)30-28-19-20-40(36(44)47-37(2,3)4)22-29(28)49-34(30)39-33(42)31(23-11-8-7-9-12-23)48-27-14-10-13-25(21-27)38-32(41)24-15-17-26(45-5)18-16-24/h7-18,21,31H,6,19-20,22H2,1-5H3,(H,38,41)(H,39,42). The first-order valence-electron chi connectivity index (χ1n) is 15.8. The molecular formula is C37H39N3O7S2. The number of hydrogen-bond acceptors (Lipinski definition) is 9. The van der Waals surface area contributed by atoms with Crippen LogP contribution >= 0.6 is 23.1 Å². The highest BCUT2D eigenvalue weighted by molar-refractivity contribution is 8.00. The Balaban J connectivity index is 1.39. The molecule has 0 spiro atoms. The van der Waals surface area contributed by atoms with Crippen LogP contribution in [0.1, 0.15) is 69.7 Å². The van der Waals surface area contributed by atoms with E-state index in [1.165, 1.54) is 23.1 Å². The molecule has 0 aliphatic carbocycles. The monoisotopic (exact) mass is 701 g/mol. The van der Waals surface area contributed by atoms with Crippen molar-refractivity contribution in [3.63, 3.8) is 0 Å². The number of anilines is 2. The van der Waals surface area contributed by atoms with Gasteiger partial charge >= 0.3 is 12.1 Å². The van der Waals surface area contributed by atoms with Gasteiger partial charge in [0.1, 0.15) is 21.6 Å². The minimum atomic E-state index is -0.707. The predicted molar refractivity (Wildman–Crippen MR) is 192 cm³/mol. The SMILES string of the molecule is CCOC(=O)c1c(NC(=O)C(Sc2cccc(NC(=O)c3ccc(OC)cc3)c2)c2ccccc2)sc2c1CCN(C(=O)OC(C)(C)C)C2. The van der Waals surface area contributed by atoms with Crippen LogP contribution in [0.5, 0.6) is 5.75 Å². The molecule has 5 rings (SSSR count). The van der Waals surface area contributed by atoms with Crippen molar-refractivity contribution in [2.45, 2.75) is 56.4 Å². The third-order valence-corrected chi connectivity index (χ3v) is 9.84. The van der Waals surface area contributed by atoms with Crippen LogP contribution < -0.4 is 15.4 Å². The largest absolute Gasteiger partial charge is 0.497 e. The maximum Gasteiger partial charge on any atom is 0.410 e. The molecule has 2 heterocycles. The molecule has 0 saturated carbocycles. The number of ether oxygens (including phenoxy) is 3. The van der Waals surface area contributed by atoms with E-state index >= 15 is 0 Å². The molecule has 3 amide bonds. The summed E-state index contributed by atoms with van der Waals surface area (Å²) in [5.41, 5.74) is 2.25. The Labute approximate surface area is 294 Å². The zero-order chi connectivity index (χ0) is 35.1. The van der Waals surface area contributed by atoms with Crippen LogP contribution in [0.4, 0.5) is 15.5 Å². The first-order chi connectivity index (χ1) is 23.5. The second-order valence-electron chi connectivity index (χ2n) is 12.2. The molecule has 256 valence electrons. The molecule has 1 aromatic heterocycles. The van der Waals surface area contributed by atoms with E-state index in [4.69, 9.17) is 14.2 Å². The lowest BCUT2D eigenvalue weighted by Gasteiger charge is -2.30. The number of methoxy groups -OCH3 is 1. The van der Waals surface area contributed by atoms with Gasteiger partial charge in [0.2, 0.25) is 5.91 Å². The van der Waals surface area contributed by atoms with Gasteiger partial charge in [0.25, 0.3) is 5.91 Å². The van der Waals surface area contributed by atoms with Crippen LogP contribution in [0.3, 0.4) is 0 Å². The molecule has 1 aliphatic heterocycles. The number of thiophene rings is 1. The predicted octanol–water partition coefficient (Wildman–Crippen LogP) is 7.95. The number of carbonyl (C=O) groups is 4. The number of esters is 1. The van der Waals surface area contributed by atoms with Gasteiger partial charge in [-0.1, -0.05) is 36.4 Å². The van der Waals surface area contributed by atoms with E-state index in [1.807, 2.05) is 69.3 Å². The van der Waals surface area contributed by atoms with Crippen LogP contribution in [-0.4, -0.2) is 54.6 Å². The van der Waals surface area contributed by atoms with Crippen molar-refractivity contribution < 1.29 is 33.4 Å². The van der Waals surface area contributed by atoms with Crippen molar-refractivity contribution in [1.29, 1.82) is 0 Å². The number of fused-ring (bicyclic) bond motifs is 1. The lowest BCUT2D eigenvalue weighted by Crippen LogP contribution is -2.39. The maximum atomic E-state index is 14.2. The van der Waals surface area contributed by atoms with Gasteiger partial charge in [0, 0.05) is 27.6 Å². The van der Waals surface area contributed by atoms with E-state index in [2.05, 4.69) is 10.6 Å². The molecule has 1 atom stereocenters. The molecule has 12 heteroatoms. The van der Waals surface area contributed by atoms with E-state index in [-0.39, 0.29) is 25.0 Å². The zero-order valence-corrected chi connectivity index (χ0v) is 29.7. The molecule has 1 aliphatic rings. The van der Waals surface area contributed by atoms with Gasteiger partial charge in [-0.25, -0.2) is 9.59 Å². The van der Waals surface area contributed by atoms with Crippen molar-refractivity contribution in [2.24, 2.45) is 0 Å². The minimum absolute atomic E-state index is 0.175. The number of benzene rings is 3. The Bertz CT molecular complexity index is 1820. The Morgan fingerprint density at radius 2 is 1.69 bits per heavy atom. The quantitative estimate of drug-likeness (QED) is 0.126. The van der Waals surface area contributed by atoms with Crippen molar-refractivity contribution in [3.05, 3.63) is 106 Å². The third kappa shape index (κ3) is 9.01. The van der Waals surface area contributed by atoms with Crippen LogP contribution in [0.25, 0.3) is 0 Å². The van der Waals surface area contributed by atoms with Gasteiger partial charge in [-0.2, -0.15) is 0 Å². The van der Waals surface area contributed by atoms with Gasteiger partial charge in [-0.05, 0) is 87.7 Å². The smallest absolute Gasteiger partial charge is 0.410 e. The Hall–Kier alpha value is -4.81. The molecule has 0 radical (unpaired) electrons. The number of amides is 3. The fourth-order valence-electron chi connectivity index (χ4n) is 5.20. The van der Waals surface area contributed by atoms with E-state index in [0.717, 1.165) is 20.9 Å². The highest BCUT2D eigenvalue weighted by atomic mass is 32.2. The van der Waals surface area contributed by atoms with E-state index in [1.54, 1.807) is 49.3 Å². The summed E-state index contributed by atoms with van der Waals surface area (Å²) in [6.45, 7) is 7.97. The number of rotatable bonds is 10. The average Bonchev–Trinajstić information content (AvgIpc) is 3.44. The van der Waals surface area contributed by atoms with E-state index in [9.17, 15) is 19.2 Å². The first-order valence-corrected chi connectivity index (χ1v) is 17.5. The van der Waals surface area contributed by atoms with Crippen LogP contribution in [0.2, 0.25) is 0 Å². The van der Waals surface area contributed by atoms with Crippen molar-refractivity contribution in [3.8, 4) is 5.75 Å². The summed E-state index contributed by atoms with van der Waals surface area (Å²) in [7, 11) is 1.57. The molecule has 2 N–H and O–H groups in total. The Kier molecular flexibility index (Phi) is 11.3. The van der Waals surface area contributed by atoms with E-state index < -0.39 is 22.9 Å². The summed E-state index contributed by atoms with van der Waals surface area (Å²) in [5, 5.41) is 5.62. The summed E-state index contributed by atoms with van der Waals surface area (Å²) in [6.07, 6.45) is -0.0150. The molecule has 0 saturated heterocycles. The van der Waals surface area contributed by atoms with Gasteiger partial charge < -0.3 is 29.7 Å². The molecule has 1 unspecified atom stereocenters. The summed E-state index contributed by atoms with van der Waals surface area (Å²) in [5.74, 6) is -0.483. The fraction of sp³-hybridized carbons (Fsp3) is 0.297. The van der Waals surface area contributed by atoms with Gasteiger partial charge in [-0.15, -0.1) is 23.1 Å². The van der Waals surface area contributed by atoms with Crippen molar-refractivity contribution in [1.82, 2.24) is 4.90 Å². The van der Waals surface area contributed by atoms with Crippen LogP contribution in [0, 0.1) is 0 Å². The highest BCUT2D eigenvalue weighted by Gasteiger charge is 2.34. The second-order valence-corrected chi connectivity index (χ2v) is 14.5. The Morgan fingerprint density at radius 1 is 0.959 bits per heavy atom. The van der Waals surface area contributed by atoms with E-state index in [0.29, 0.717) is 40.5 Å². The zero-order valence-electron chi connectivity index (χ0n) is 28.0. The van der Waals surface area contributed by atoms with Crippen molar-refractivity contribution >= 4 is 57.7 Å². The summed E-state index contributed by atoms with van der Waals surface area (Å²) >= 11 is 2.58. The number of carbonyl (C=O) groups excluding carboxylic acids is 4. The lowest BCUT2D eigenvalue weighted by atomic mass is 10.0. The molecule has 49 heavy (non-hydrogen) atoms. The molecule has 10 nitrogen and oxygen atoms in total. The number of nitrogens with one attached hydrogen (secondary N) is 2. The van der Waals surface area contributed by atoms with Crippen molar-refractivity contribution in [2.75, 3.05) is 30.9 Å². The Morgan fingerprint density at radius 3 is 2.37 bits per heavy atom. The average molecular weight is 702 g/mol. The number of nitrogens with zero attached hydrogens (tertiary/aromatic N) is 1. The molecule has 0 bridgehead atoms. The summed E-state index contributed by atoms with van der Waals surface area (Å²) in [6, 6.07) is 23.4. The van der Waals surface area contributed by atoms with Crippen LogP contribution in [-0.2, 0) is 27.2 Å². The normalized spacial score (nSPS) is 13.1. The van der Waals surface area contributed by atoms with Gasteiger partial charge in [0.15, 0.2) is 0 Å². The molecular weight excluding hydrogens is 663 g/mol. The molecule has 4 aromatic rings. The van der Waals surface area contributed by atoms with Gasteiger partial charge in [0.05, 0.1) is 25.8 Å². The minimum Gasteiger partial charge on any atom is -0.497 e. The lowest BCUT2D eigenvalue weighted by molar-refractivity contribution is -0.115. The summed E-state index contributed by atoms with van der Waals surface area (Å²) < 4.78 is 16.2. The topological polar surface area (TPSA) is 123 Å². The third-order valence-electron chi connectivity index (χ3n) is 7.46. The maximum absolute atomic E-state index is 14.2. The first kappa shape index (κ1) is 35.5. The van der Waals surface area contributed by atoms with Gasteiger partial charge in [-0.3, -0.25) is 9.59 Å². The fourth-order valence-corrected chi connectivity index (χ4v) is 7.54.